The van der Waals surface area contributed by atoms with Gasteiger partial charge in [-0.05, 0) is 43.1 Å². The van der Waals surface area contributed by atoms with Crippen LogP contribution in [-0.2, 0) is 11.2 Å². The molecule has 0 amide bonds. The van der Waals surface area contributed by atoms with Crippen molar-refractivity contribution < 1.29 is 17.9 Å². The Morgan fingerprint density at radius 3 is 2.70 bits per heavy atom. The number of aromatic nitrogens is 2. The molecule has 1 atom stereocenters. The summed E-state index contributed by atoms with van der Waals surface area (Å²) in [5.74, 6) is 1.46. The second kappa shape index (κ2) is 7.91. The molecule has 0 bridgehead atoms. The first-order valence-electron chi connectivity index (χ1n) is 10.7. The highest BCUT2D eigenvalue weighted by atomic mass is 32.1. The molecule has 0 radical (unpaired) electrons. The zero-order valence-electron chi connectivity index (χ0n) is 17.0. The molecule has 3 aliphatic heterocycles. The number of ether oxygens (including phenoxy) is 1. The summed E-state index contributed by atoms with van der Waals surface area (Å²) in [6.45, 7) is 7.07. The Hall–Kier alpha value is -1.45. The van der Waals surface area contributed by atoms with Gasteiger partial charge in [-0.2, -0.15) is 13.2 Å². The van der Waals surface area contributed by atoms with Crippen LogP contribution in [0.4, 0.5) is 19.0 Å². The monoisotopic (exact) mass is 440 g/mol. The summed E-state index contributed by atoms with van der Waals surface area (Å²) in [6.07, 6.45) is 1.04. The molecule has 1 unspecified atom stereocenters. The molecule has 5 rings (SSSR count). The lowest BCUT2D eigenvalue weighted by Crippen LogP contribution is -2.61. The summed E-state index contributed by atoms with van der Waals surface area (Å²) in [5, 5.41) is 0.755. The van der Waals surface area contributed by atoms with Crippen molar-refractivity contribution in [3.8, 4) is 0 Å². The zero-order valence-corrected chi connectivity index (χ0v) is 17.8. The molecule has 164 valence electrons. The van der Waals surface area contributed by atoms with Gasteiger partial charge in [-0.25, -0.2) is 9.97 Å². The Morgan fingerprint density at radius 2 is 2.00 bits per heavy atom. The standard InChI is InChI=1S/C21H27F3N4OS/c22-21(23,24)9-16-8-17-18(25-14-26-19(17)30-16)28-5-3-20(4-6-28)12-27(13-20)10-15-2-1-7-29-11-15/h8,14-15H,1-7,9-13H2. The lowest BCUT2D eigenvalue weighted by atomic mass is 9.71. The van der Waals surface area contributed by atoms with E-state index in [0.717, 1.165) is 81.3 Å². The maximum absolute atomic E-state index is 12.8. The van der Waals surface area contributed by atoms with Crippen LogP contribution >= 0.6 is 11.3 Å². The third kappa shape index (κ3) is 4.29. The average molecular weight is 441 g/mol. The van der Waals surface area contributed by atoms with Gasteiger partial charge in [0.15, 0.2) is 0 Å². The summed E-state index contributed by atoms with van der Waals surface area (Å²) in [5.41, 5.74) is 0.397. The van der Waals surface area contributed by atoms with Crippen molar-refractivity contribution in [3.63, 3.8) is 0 Å². The Kier molecular flexibility index (Phi) is 5.39. The van der Waals surface area contributed by atoms with Crippen molar-refractivity contribution in [2.45, 2.75) is 38.3 Å². The van der Waals surface area contributed by atoms with Gasteiger partial charge in [-0.15, -0.1) is 11.3 Å². The van der Waals surface area contributed by atoms with Gasteiger partial charge in [0.05, 0.1) is 18.4 Å². The summed E-state index contributed by atoms with van der Waals surface area (Å²) in [6, 6.07) is 1.63. The van der Waals surface area contributed by atoms with E-state index >= 15 is 0 Å². The summed E-state index contributed by atoms with van der Waals surface area (Å²) >= 11 is 1.12. The fourth-order valence-corrected chi connectivity index (χ4v) is 6.31. The number of anilines is 1. The molecule has 2 aromatic rings. The molecule has 30 heavy (non-hydrogen) atoms. The maximum atomic E-state index is 12.8. The molecule has 3 fully saturated rings. The van der Waals surface area contributed by atoms with Crippen LogP contribution in [0.2, 0.25) is 0 Å². The van der Waals surface area contributed by atoms with Crippen molar-refractivity contribution in [1.29, 1.82) is 0 Å². The number of fused-ring (bicyclic) bond motifs is 1. The molecular formula is C21H27F3N4OS. The number of hydrogen-bond donors (Lipinski definition) is 0. The number of alkyl halides is 3. The van der Waals surface area contributed by atoms with Gasteiger partial charge < -0.3 is 14.5 Å². The van der Waals surface area contributed by atoms with Gasteiger partial charge in [0.1, 0.15) is 17.0 Å². The molecule has 3 aliphatic rings. The number of piperidine rings is 1. The average Bonchev–Trinajstić information content (AvgIpc) is 3.09. The van der Waals surface area contributed by atoms with E-state index < -0.39 is 12.6 Å². The number of hydrogen-bond acceptors (Lipinski definition) is 6. The second-order valence-electron chi connectivity index (χ2n) is 9.16. The number of rotatable bonds is 4. The van der Waals surface area contributed by atoms with Crippen molar-refractivity contribution in [1.82, 2.24) is 14.9 Å². The predicted octanol–water partition coefficient (Wildman–Crippen LogP) is 4.12. The predicted molar refractivity (Wildman–Crippen MR) is 111 cm³/mol. The van der Waals surface area contributed by atoms with Crippen LogP contribution in [0.1, 0.15) is 30.6 Å². The third-order valence-corrected chi connectivity index (χ3v) is 7.79. The molecular weight excluding hydrogens is 413 g/mol. The fraction of sp³-hybridized carbons (Fsp3) is 0.714. The molecule has 2 aromatic heterocycles. The fourth-order valence-electron chi connectivity index (χ4n) is 5.29. The molecule has 9 heteroatoms. The summed E-state index contributed by atoms with van der Waals surface area (Å²) < 4.78 is 44.0. The van der Waals surface area contributed by atoms with Crippen LogP contribution in [0, 0.1) is 11.3 Å². The van der Waals surface area contributed by atoms with Gasteiger partial charge in [0.2, 0.25) is 0 Å². The van der Waals surface area contributed by atoms with E-state index in [1.54, 1.807) is 6.07 Å². The second-order valence-corrected chi connectivity index (χ2v) is 10.3. The van der Waals surface area contributed by atoms with Gasteiger partial charge in [0, 0.05) is 44.2 Å². The smallest absolute Gasteiger partial charge is 0.381 e. The van der Waals surface area contributed by atoms with E-state index in [4.69, 9.17) is 4.74 Å². The third-order valence-electron chi connectivity index (χ3n) is 6.75. The van der Waals surface area contributed by atoms with Gasteiger partial charge in [0.25, 0.3) is 0 Å². The Bertz CT molecular complexity index is 880. The van der Waals surface area contributed by atoms with Crippen LogP contribution in [0.3, 0.4) is 0 Å². The van der Waals surface area contributed by atoms with Crippen molar-refractivity contribution in [2.75, 3.05) is 50.8 Å². The number of thiophene rings is 1. The van der Waals surface area contributed by atoms with E-state index in [2.05, 4.69) is 19.8 Å². The highest BCUT2D eigenvalue weighted by Crippen LogP contribution is 2.43. The minimum absolute atomic E-state index is 0.300. The van der Waals surface area contributed by atoms with Crippen LogP contribution < -0.4 is 4.90 Å². The minimum Gasteiger partial charge on any atom is -0.381 e. The van der Waals surface area contributed by atoms with Gasteiger partial charge in [-0.1, -0.05) is 0 Å². The van der Waals surface area contributed by atoms with E-state index in [0.29, 0.717) is 21.0 Å². The molecule has 3 saturated heterocycles. The molecule has 1 spiro atoms. The lowest BCUT2D eigenvalue weighted by Gasteiger charge is -2.55. The van der Waals surface area contributed by atoms with E-state index in [1.165, 1.54) is 19.2 Å². The van der Waals surface area contributed by atoms with Gasteiger partial charge in [-0.3, -0.25) is 0 Å². The van der Waals surface area contributed by atoms with Crippen molar-refractivity contribution in [2.24, 2.45) is 11.3 Å². The number of halogens is 3. The summed E-state index contributed by atoms with van der Waals surface area (Å²) in [7, 11) is 0. The number of likely N-dealkylation sites (tertiary alicyclic amines) is 1. The molecule has 0 saturated carbocycles. The number of nitrogens with zero attached hydrogens (tertiary/aromatic N) is 4. The normalized spacial score (nSPS) is 25.0. The van der Waals surface area contributed by atoms with E-state index in [-0.39, 0.29) is 0 Å². The Balaban J connectivity index is 1.20. The highest BCUT2D eigenvalue weighted by Gasteiger charge is 2.45. The molecule has 0 N–H and O–H groups in total. The molecule has 5 nitrogen and oxygen atoms in total. The zero-order chi connectivity index (χ0) is 20.8. The van der Waals surface area contributed by atoms with Crippen molar-refractivity contribution in [3.05, 3.63) is 17.3 Å². The SMILES string of the molecule is FC(F)(F)Cc1cc2c(N3CCC4(CC3)CN(CC3CCCOC3)C4)ncnc2s1. The molecule has 0 aromatic carbocycles. The first kappa shape index (κ1) is 20.5. The summed E-state index contributed by atoms with van der Waals surface area (Å²) in [4.78, 5) is 14.4. The largest absolute Gasteiger partial charge is 0.393 e. The lowest BCUT2D eigenvalue weighted by molar-refractivity contribution is -0.126. The Morgan fingerprint density at radius 1 is 1.20 bits per heavy atom. The van der Waals surface area contributed by atoms with Crippen LogP contribution in [0.5, 0.6) is 0 Å². The van der Waals surface area contributed by atoms with Crippen molar-refractivity contribution >= 4 is 27.4 Å². The van der Waals surface area contributed by atoms with E-state index in [1.807, 2.05) is 0 Å². The van der Waals surface area contributed by atoms with Crippen LogP contribution in [0.15, 0.2) is 12.4 Å². The maximum Gasteiger partial charge on any atom is 0.393 e. The Labute approximate surface area is 178 Å². The molecule has 5 heterocycles. The van der Waals surface area contributed by atoms with Crippen LogP contribution in [-0.4, -0.2) is 67.0 Å². The molecule has 0 aliphatic carbocycles. The first-order chi connectivity index (χ1) is 14.4. The van der Waals surface area contributed by atoms with Crippen LogP contribution in [0.25, 0.3) is 10.2 Å². The highest BCUT2D eigenvalue weighted by molar-refractivity contribution is 7.18. The van der Waals surface area contributed by atoms with E-state index in [9.17, 15) is 13.2 Å². The topological polar surface area (TPSA) is 41.5 Å². The van der Waals surface area contributed by atoms with Gasteiger partial charge >= 0.3 is 6.18 Å². The minimum atomic E-state index is -4.20. The first-order valence-corrected chi connectivity index (χ1v) is 11.6. The quantitative estimate of drug-likeness (QED) is 0.715.